The Labute approximate surface area is 193 Å². The molecule has 10 heteroatoms. The molecule has 1 amide bonds. The average Bonchev–Trinajstić information content (AvgIpc) is 2.77. The number of ether oxygens (including phenoxy) is 1. The van der Waals surface area contributed by atoms with Crippen LogP contribution in [0.1, 0.15) is 18.1 Å². The number of likely N-dealkylation sites (N-methyl/N-ethyl adjacent to an activating group) is 1. The predicted octanol–water partition coefficient (Wildman–Crippen LogP) is 3.27. The third kappa shape index (κ3) is 5.47. The molecule has 1 aliphatic rings. The van der Waals surface area contributed by atoms with Gasteiger partial charge in [0.1, 0.15) is 5.82 Å². The van der Waals surface area contributed by atoms with Crippen LogP contribution in [0, 0.1) is 12.7 Å². The molecule has 1 atom stereocenters. The number of hydrogen-bond donors (Lipinski definition) is 1. The first-order chi connectivity index (χ1) is 15.1. The lowest BCUT2D eigenvalue weighted by molar-refractivity contribution is -0.120. The summed E-state index contributed by atoms with van der Waals surface area (Å²) in [5.74, 6) is -0.785. The van der Waals surface area contributed by atoms with Gasteiger partial charge in [0.2, 0.25) is 15.9 Å². The van der Waals surface area contributed by atoms with Crippen LogP contribution in [0.4, 0.5) is 10.1 Å². The minimum absolute atomic E-state index is 0.144. The molecule has 0 aliphatic carbocycles. The van der Waals surface area contributed by atoms with Crippen molar-refractivity contribution < 1.29 is 22.3 Å². The standard InChI is InChI=1S/C22H27ClFN3O4S/c1-15-7-8-17(13-21(15)32(29,30)27-9-11-31-12-10-27)25-22(28)16(2)26(3)14-18-19(23)5-4-6-20(18)24/h4-8,13,16H,9-12,14H2,1-3H3,(H,25,28)/t16-/m0/s1. The van der Waals surface area contributed by atoms with Crippen LogP contribution in [-0.4, -0.2) is 62.9 Å². The second-order valence-corrected chi connectivity index (χ2v) is 10.1. The van der Waals surface area contributed by atoms with E-state index in [4.69, 9.17) is 16.3 Å². The van der Waals surface area contributed by atoms with Crippen molar-refractivity contribution in [1.29, 1.82) is 0 Å². The highest BCUT2D eigenvalue weighted by Crippen LogP contribution is 2.25. The Bertz CT molecular complexity index is 1070. The summed E-state index contributed by atoms with van der Waals surface area (Å²) < 4.78 is 46.8. The number of carbonyl (C=O) groups excluding carboxylic acids is 1. The fourth-order valence-electron chi connectivity index (χ4n) is 3.40. The molecular formula is C22H27ClFN3O4S. The van der Waals surface area contributed by atoms with Crippen molar-refractivity contribution in [2.24, 2.45) is 0 Å². The van der Waals surface area contributed by atoms with Crippen LogP contribution in [0.3, 0.4) is 0 Å². The van der Waals surface area contributed by atoms with E-state index in [9.17, 15) is 17.6 Å². The monoisotopic (exact) mass is 483 g/mol. The molecule has 32 heavy (non-hydrogen) atoms. The minimum atomic E-state index is -3.70. The summed E-state index contributed by atoms with van der Waals surface area (Å²) in [5, 5.41) is 3.06. The van der Waals surface area contributed by atoms with Crippen molar-refractivity contribution in [3.05, 3.63) is 58.4 Å². The van der Waals surface area contributed by atoms with E-state index in [1.165, 1.54) is 22.5 Å². The Hall–Kier alpha value is -2.04. The quantitative estimate of drug-likeness (QED) is 0.654. The number of aryl methyl sites for hydroxylation is 1. The summed E-state index contributed by atoms with van der Waals surface area (Å²) in [6.45, 7) is 4.83. The Kier molecular flexibility index (Phi) is 7.89. The van der Waals surface area contributed by atoms with E-state index in [2.05, 4.69) is 5.32 Å². The van der Waals surface area contributed by atoms with Gasteiger partial charge >= 0.3 is 0 Å². The molecule has 0 saturated carbocycles. The topological polar surface area (TPSA) is 79.0 Å². The van der Waals surface area contributed by atoms with Crippen LogP contribution in [0.2, 0.25) is 5.02 Å². The van der Waals surface area contributed by atoms with E-state index in [-0.39, 0.29) is 17.3 Å². The molecule has 1 N–H and O–H groups in total. The number of hydrogen-bond acceptors (Lipinski definition) is 5. The lowest BCUT2D eigenvalue weighted by Crippen LogP contribution is -2.41. The normalized spacial score (nSPS) is 16.2. The second kappa shape index (κ2) is 10.3. The molecule has 0 spiro atoms. The highest BCUT2D eigenvalue weighted by molar-refractivity contribution is 7.89. The maximum Gasteiger partial charge on any atom is 0.243 e. The summed E-state index contributed by atoms with van der Waals surface area (Å²) in [5.41, 5.74) is 1.27. The van der Waals surface area contributed by atoms with Gasteiger partial charge in [-0.05, 0) is 50.7 Å². The molecule has 174 valence electrons. The van der Waals surface area contributed by atoms with Gasteiger partial charge in [-0.2, -0.15) is 4.31 Å². The van der Waals surface area contributed by atoms with Crippen molar-refractivity contribution in [2.45, 2.75) is 31.3 Å². The number of nitrogens with zero attached hydrogens (tertiary/aromatic N) is 2. The van der Waals surface area contributed by atoms with Crippen molar-refractivity contribution in [3.8, 4) is 0 Å². The fraction of sp³-hybridized carbons (Fsp3) is 0.409. The third-order valence-corrected chi connectivity index (χ3v) is 7.95. The van der Waals surface area contributed by atoms with Crippen LogP contribution in [0.25, 0.3) is 0 Å². The maximum absolute atomic E-state index is 14.1. The van der Waals surface area contributed by atoms with Crippen LogP contribution < -0.4 is 5.32 Å². The zero-order chi connectivity index (χ0) is 23.5. The van der Waals surface area contributed by atoms with Gasteiger partial charge in [-0.25, -0.2) is 12.8 Å². The summed E-state index contributed by atoms with van der Waals surface area (Å²) in [4.78, 5) is 14.6. The van der Waals surface area contributed by atoms with Crippen LogP contribution >= 0.6 is 11.6 Å². The molecule has 0 aromatic heterocycles. The van der Waals surface area contributed by atoms with Gasteiger partial charge in [-0.15, -0.1) is 0 Å². The maximum atomic E-state index is 14.1. The Morgan fingerprint density at radius 1 is 1.28 bits per heavy atom. The van der Waals surface area contributed by atoms with Crippen LogP contribution in [0.5, 0.6) is 0 Å². The highest BCUT2D eigenvalue weighted by Gasteiger charge is 2.28. The molecule has 1 saturated heterocycles. The molecule has 0 radical (unpaired) electrons. The summed E-state index contributed by atoms with van der Waals surface area (Å²) in [7, 11) is -2.01. The third-order valence-electron chi connectivity index (χ3n) is 5.55. The lowest BCUT2D eigenvalue weighted by Gasteiger charge is -2.27. The molecule has 1 aliphatic heterocycles. The Balaban J connectivity index is 1.74. The first kappa shape index (κ1) is 24.6. The summed E-state index contributed by atoms with van der Waals surface area (Å²) >= 11 is 6.09. The number of carbonyl (C=O) groups is 1. The van der Waals surface area contributed by atoms with Crippen LogP contribution in [-0.2, 0) is 26.1 Å². The SMILES string of the molecule is Cc1ccc(NC(=O)[C@H](C)N(C)Cc2c(F)cccc2Cl)cc1S(=O)(=O)N1CCOCC1. The van der Waals surface area contributed by atoms with E-state index < -0.39 is 21.9 Å². The van der Waals surface area contributed by atoms with E-state index in [0.29, 0.717) is 48.1 Å². The molecule has 1 heterocycles. The van der Waals surface area contributed by atoms with Gasteiger partial charge in [-0.3, -0.25) is 9.69 Å². The summed E-state index contributed by atoms with van der Waals surface area (Å²) in [6, 6.07) is 8.62. The number of morpholine rings is 1. The number of nitrogens with one attached hydrogen (secondary N) is 1. The summed E-state index contributed by atoms with van der Waals surface area (Å²) in [6.07, 6.45) is 0. The molecular weight excluding hydrogens is 457 g/mol. The second-order valence-electron chi connectivity index (χ2n) is 7.78. The van der Waals surface area contributed by atoms with E-state index in [1.54, 1.807) is 44.0 Å². The number of sulfonamides is 1. The highest BCUT2D eigenvalue weighted by atomic mass is 35.5. The number of rotatable bonds is 7. The Morgan fingerprint density at radius 3 is 2.62 bits per heavy atom. The van der Waals surface area contributed by atoms with Crippen molar-refractivity contribution in [3.63, 3.8) is 0 Å². The van der Waals surface area contributed by atoms with Gasteiger partial charge in [0, 0.05) is 35.9 Å². The zero-order valence-corrected chi connectivity index (χ0v) is 19.8. The molecule has 7 nitrogen and oxygen atoms in total. The first-order valence-corrected chi connectivity index (χ1v) is 12.1. The predicted molar refractivity (Wildman–Crippen MR) is 122 cm³/mol. The van der Waals surface area contributed by atoms with Crippen molar-refractivity contribution in [2.75, 3.05) is 38.7 Å². The van der Waals surface area contributed by atoms with E-state index >= 15 is 0 Å². The Morgan fingerprint density at radius 2 is 1.97 bits per heavy atom. The van der Waals surface area contributed by atoms with E-state index in [0.717, 1.165) is 0 Å². The first-order valence-electron chi connectivity index (χ1n) is 10.2. The van der Waals surface area contributed by atoms with Gasteiger partial charge in [0.25, 0.3) is 0 Å². The van der Waals surface area contributed by atoms with Crippen LogP contribution in [0.15, 0.2) is 41.3 Å². The fourth-order valence-corrected chi connectivity index (χ4v) is 5.28. The number of benzene rings is 2. The van der Waals surface area contributed by atoms with Crippen molar-refractivity contribution in [1.82, 2.24) is 9.21 Å². The van der Waals surface area contributed by atoms with Crippen molar-refractivity contribution >= 4 is 33.2 Å². The number of anilines is 1. The average molecular weight is 484 g/mol. The number of halogens is 2. The van der Waals surface area contributed by atoms with Gasteiger partial charge in [0.15, 0.2) is 0 Å². The molecule has 0 unspecified atom stereocenters. The molecule has 2 aromatic rings. The minimum Gasteiger partial charge on any atom is -0.379 e. The number of amides is 1. The van der Waals surface area contributed by atoms with Gasteiger partial charge in [0.05, 0.1) is 24.2 Å². The van der Waals surface area contributed by atoms with Gasteiger partial charge < -0.3 is 10.1 Å². The molecule has 2 aromatic carbocycles. The molecule has 0 bridgehead atoms. The molecule has 1 fully saturated rings. The molecule has 3 rings (SSSR count). The lowest BCUT2D eigenvalue weighted by atomic mass is 10.1. The van der Waals surface area contributed by atoms with E-state index in [1.807, 2.05) is 0 Å². The van der Waals surface area contributed by atoms with Gasteiger partial charge in [-0.1, -0.05) is 23.7 Å². The zero-order valence-electron chi connectivity index (χ0n) is 18.3. The smallest absolute Gasteiger partial charge is 0.243 e. The largest absolute Gasteiger partial charge is 0.379 e.